The number of aryl methyl sites for hydroxylation is 1. The molecule has 2 nitrogen and oxygen atoms in total. The molecule has 0 bridgehead atoms. The minimum atomic E-state index is -0.156. The van der Waals surface area contributed by atoms with Crippen molar-refractivity contribution in [3.05, 3.63) is 20.3 Å². The lowest BCUT2D eigenvalue weighted by Crippen LogP contribution is -2.06. The summed E-state index contributed by atoms with van der Waals surface area (Å²) in [5, 5.41) is 0. The number of hydrogen-bond acceptors (Lipinski definition) is 3. The minimum absolute atomic E-state index is 0.156. The van der Waals surface area contributed by atoms with E-state index in [4.69, 9.17) is 4.74 Å². The molecular weight excluding hydrogens is 252 g/mol. The molecule has 1 aromatic rings. The van der Waals surface area contributed by atoms with Gasteiger partial charge in [-0.25, -0.2) is 0 Å². The molecule has 0 fully saturated rings. The van der Waals surface area contributed by atoms with Gasteiger partial charge in [-0.1, -0.05) is 0 Å². The number of rotatable bonds is 3. The Hall–Kier alpha value is -0.350. The van der Waals surface area contributed by atoms with Gasteiger partial charge in [-0.2, -0.15) is 0 Å². The highest BCUT2D eigenvalue weighted by Gasteiger charge is 2.08. The zero-order valence-electron chi connectivity index (χ0n) is 7.59. The van der Waals surface area contributed by atoms with Crippen molar-refractivity contribution in [1.29, 1.82) is 0 Å². The van der Waals surface area contributed by atoms with Gasteiger partial charge in [0.25, 0.3) is 0 Å². The van der Waals surface area contributed by atoms with Crippen LogP contribution in [-0.2, 0) is 16.0 Å². The number of thiophene rings is 1. The average Bonchev–Trinajstić information content (AvgIpc) is 2.31. The lowest BCUT2D eigenvalue weighted by Gasteiger charge is -1.97. The van der Waals surface area contributed by atoms with Crippen molar-refractivity contribution in [3.8, 4) is 0 Å². The maximum Gasteiger partial charge on any atom is 0.311 e. The van der Waals surface area contributed by atoms with Crippen molar-refractivity contribution >= 4 is 33.2 Å². The van der Waals surface area contributed by atoms with E-state index in [1.165, 1.54) is 5.56 Å². The molecule has 0 saturated heterocycles. The smallest absolute Gasteiger partial charge is 0.311 e. The van der Waals surface area contributed by atoms with Gasteiger partial charge in [0, 0.05) is 4.88 Å². The molecule has 0 saturated carbocycles. The highest BCUT2D eigenvalue weighted by molar-refractivity contribution is 9.11. The van der Waals surface area contributed by atoms with E-state index in [0.29, 0.717) is 13.0 Å². The van der Waals surface area contributed by atoms with Crippen LogP contribution in [-0.4, -0.2) is 12.6 Å². The van der Waals surface area contributed by atoms with Crippen molar-refractivity contribution in [3.63, 3.8) is 0 Å². The molecule has 13 heavy (non-hydrogen) atoms. The Kier molecular flexibility index (Phi) is 3.93. The minimum Gasteiger partial charge on any atom is -0.466 e. The van der Waals surface area contributed by atoms with E-state index >= 15 is 0 Å². The molecular formula is C9H11BrO2S. The fourth-order valence-electron chi connectivity index (χ4n) is 0.965. The molecule has 0 amide bonds. The van der Waals surface area contributed by atoms with Crippen molar-refractivity contribution in [2.75, 3.05) is 6.61 Å². The van der Waals surface area contributed by atoms with Crippen molar-refractivity contribution in [2.24, 2.45) is 0 Å². The van der Waals surface area contributed by atoms with E-state index in [0.717, 1.165) is 8.66 Å². The molecule has 0 aliphatic heterocycles. The standard InChI is InChI=1S/C9H11BrO2S/c1-3-12-8(11)5-7-4-6(2)9(10)13-7/h4H,3,5H2,1-2H3. The summed E-state index contributed by atoms with van der Waals surface area (Å²) in [6.07, 6.45) is 0.380. The van der Waals surface area contributed by atoms with Gasteiger partial charge >= 0.3 is 5.97 Å². The van der Waals surface area contributed by atoms with E-state index in [9.17, 15) is 4.79 Å². The highest BCUT2D eigenvalue weighted by Crippen LogP contribution is 2.27. The molecule has 1 aromatic heterocycles. The van der Waals surface area contributed by atoms with Crippen LogP contribution in [0.4, 0.5) is 0 Å². The molecule has 0 aliphatic carbocycles. The van der Waals surface area contributed by atoms with Crippen LogP contribution < -0.4 is 0 Å². The van der Waals surface area contributed by atoms with E-state index in [1.54, 1.807) is 11.3 Å². The summed E-state index contributed by atoms with van der Waals surface area (Å²) >= 11 is 5.00. The third-order valence-corrected chi connectivity index (χ3v) is 3.67. The Balaban J connectivity index is 2.59. The van der Waals surface area contributed by atoms with Crippen LogP contribution in [0, 0.1) is 6.92 Å². The number of ether oxygens (including phenoxy) is 1. The summed E-state index contributed by atoms with van der Waals surface area (Å²) in [7, 11) is 0. The summed E-state index contributed by atoms with van der Waals surface area (Å²) < 4.78 is 5.94. The van der Waals surface area contributed by atoms with Crippen LogP contribution in [0.15, 0.2) is 9.85 Å². The van der Waals surface area contributed by atoms with E-state index in [1.807, 2.05) is 19.9 Å². The number of carbonyl (C=O) groups excluding carboxylic acids is 1. The highest BCUT2D eigenvalue weighted by atomic mass is 79.9. The van der Waals surface area contributed by atoms with Crippen molar-refractivity contribution < 1.29 is 9.53 Å². The number of halogens is 1. The summed E-state index contributed by atoms with van der Waals surface area (Å²) in [5.41, 5.74) is 1.17. The Bertz CT molecular complexity index is 287. The first-order valence-electron chi connectivity index (χ1n) is 4.04. The summed E-state index contributed by atoms with van der Waals surface area (Å²) in [6.45, 7) is 4.27. The third-order valence-electron chi connectivity index (χ3n) is 1.53. The van der Waals surface area contributed by atoms with Gasteiger partial charge in [-0.05, 0) is 41.4 Å². The third kappa shape index (κ3) is 3.12. The largest absolute Gasteiger partial charge is 0.466 e. The van der Waals surface area contributed by atoms with E-state index < -0.39 is 0 Å². The second kappa shape index (κ2) is 4.77. The second-order valence-corrected chi connectivity index (χ2v) is 5.11. The average molecular weight is 263 g/mol. The maximum atomic E-state index is 11.1. The molecule has 0 unspecified atom stereocenters. The first-order chi connectivity index (χ1) is 6.13. The fourth-order valence-corrected chi connectivity index (χ4v) is 2.58. The summed E-state index contributed by atoms with van der Waals surface area (Å²) in [5.74, 6) is -0.156. The molecule has 0 atom stereocenters. The molecule has 1 rings (SSSR count). The molecule has 4 heteroatoms. The zero-order valence-corrected chi connectivity index (χ0v) is 10.00. The molecule has 72 valence electrons. The predicted octanol–water partition coefficient (Wildman–Crippen LogP) is 2.92. The molecule has 0 radical (unpaired) electrons. The number of hydrogen-bond donors (Lipinski definition) is 0. The SMILES string of the molecule is CCOC(=O)Cc1cc(C)c(Br)s1. The lowest BCUT2D eigenvalue weighted by atomic mass is 10.3. The van der Waals surface area contributed by atoms with Gasteiger partial charge in [-0.3, -0.25) is 4.79 Å². The van der Waals surface area contributed by atoms with Crippen LogP contribution >= 0.6 is 27.3 Å². The van der Waals surface area contributed by atoms with Gasteiger partial charge in [0.1, 0.15) is 0 Å². The van der Waals surface area contributed by atoms with Crippen LogP contribution in [0.3, 0.4) is 0 Å². The monoisotopic (exact) mass is 262 g/mol. The lowest BCUT2D eigenvalue weighted by molar-refractivity contribution is -0.142. The van der Waals surface area contributed by atoms with E-state index in [-0.39, 0.29) is 5.97 Å². The Morgan fingerprint density at radius 1 is 1.69 bits per heavy atom. The van der Waals surface area contributed by atoms with Crippen molar-refractivity contribution in [1.82, 2.24) is 0 Å². The molecule has 0 aliphatic rings. The first-order valence-corrected chi connectivity index (χ1v) is 5.65. The van der Waals surface area contributed by atoms with Crippen LogP contribution in [0.1, 0.15) is 17.4 Å². The topological polar surface area (TPSA) is 26.3 Å². The molecule has 0 spiro atoms. The van der Waals surface area contributed by atoms with Gasteiger partial charge in [0.05, 0.1) is 16.8 Å². The van der Waals surface area contributed by atoms with Gasteiger partial charge < -0.3 is 4.74 Å². The Morgan fingerprint density at radius 3 is 2.85 bits per heavy atom. The number of esters is 1. The normalized spacial score (nSPS) is 10.1. The van der Waals surface area contributed by atoms with Crippen molar-refractivity contribution in [2.45, 2.75) is 20.3 Å². The summed E-state index contributed by atoms with van der Waals surface area (Å²) in [6, 6.07) is 2.01. The zero-order chi connectivity index (χ0) is 9.84. The Morgan fingerprint density at radius 2 is 2.38 bits per heavy atom. The Labute approximate surface area is 90.0 Å². The first kappa shape index (κ1) is 10.7. The van der Waals surface area contributed by atoms with E-state index in [2.05, 4.69) is 15.9 Å². The molecule has 0 N–H and O–H groups in total. The second-order valence-electron chi connectivity index (χ2n) is 2.65. The molecule has 0 aromatic carbocycles. The molecule has 1 heterocycles. The van der Waals surface area contributed by atoms with Crippen LogP contribution in [0.5, 0.6) is 0 Å². The fraction of sp³-hybridized carbons (Fsp3) is 0.444. The van der Waals surface area contributed by atoms with Gasteiger partial charge in [-0.15, -0.1) is 11.3 Å². The van der Waals surface area contributed by atoms with Crippen LogP contribution in [0.25, 0.3) is 0 Å². The summed E-state index contributed by atoms with van der Waals surface area (Å²) in [4.78, 5) is 12.1. The number of carbonyl (C=O) groups is 1. The quantitative estimate of drug-likeness (QED) is 0.784. The maximum absolute atomic E-state index is 11.1. The predicted molar refractivity (Wildman–Crippen MR) is 57.1 cm³/mol. The van der Waals surface area contributed by atoms with Gasteiger partial charge in [0.2, 0.25) is 0 Å². The van der Waals surface area contributed by atoms with Crippen LogP contribution in [0.2, 0.25) is 0 Å². The van der Waals surface area contributed by atoms with Gasteiger partial charge in [0.15, 0.2) is 0 Å².